The molecule has 4 N–H and O–H groups in total. The van der Waals surface area contributed by atoms with Crippen LogP contribution in [-0.4, -0.2) is 120 Å². The van der Waals surface area contributed by atoms with E-state index in [4.69, 9.17) is 18.9 Å². The molecule has 0 heterocycles. The van der Waals surface area contributed by atoms with Crippen molar-refractivity contribution in [3.8, 4) is 23.0 Å². The number of hydrogen-bond acceptors (Lipinski definition) is 10. The van der Waals surface area contributed by atoms with E-state index >= 15 is 0 Å². The highest BCUT2D eigenvalue weighted by Gasteiger charge is 2.37. The summed E-state index contributed by atoms with van der Waals surface area (Å²) in [6.07, 6.45) is 0.0487. The number of para-hydroxylation sites is 4. The standard InChI is InChI=1S/C47H64N2O8/c1-3-37(26-48(28-40(50)32-54-44-16-8-4-9-17-44)29-41(51)33-55-45-18-10-5-11-19-45)38-24-36(2)39(25-38)27-49(30-42(52)34-56-46-20-12-6-13-21-46)31-43(53)35-57-47-22-14-7-15-23-47/h4-23,36-43,50-53H,3,24-35H2,1-2H3. The molecule has 1 fully saturated rings. The third-order valence-corrected chi connectivity index (χ3v) is 10.9. The molecule has 10 nitrogen and oxygen atoms in total. The summed E-state index contributed by atoms with van der Waals surface area (Å²) in [5.74, 6) is 4.40. The molecule has 1 aliphatic carbocycles. The van der Waals surface area contributed by atoms with Gasteiger partial charge in [0.2, 0.25) is 0 Å². The Balaban J connectivity index is 1.20. The fourth-order valence-corrected chi connectivity index (χ4v) is 7.99. The molecule has 8 atom stereocenters. The van der Waals surface area contributed by atoms with E-state index < -0.39 is 24.4 Å². The van der Waals surface area contributed by atoms with Gasteiger partial charge in [0.15, 0.2) is 0 Å². The van der Waals surface area contributed by atoms with Gasteiger partial charge in [-0.15, -0.1) is 0 Å². The first kappa shape index (κ1) is 44.0. The largest absolute Gasteiger partial charge is 0.491 e. The smallest absolute Gasteiger partial charge is 0.119 e. The summed E-state index contributed by atoms with van der Waals surface area (Å²) < 4.78 is 23.5. The lowest BCUT2D eigenvalue weighted by Crippen LogP contribution is -2.44. The molecule has 10 heteroatoms. The molecular formula is C47H64N2O8. The number of benzene rings is 4. The van der Waals surface area contributed by atoms with E-state index in [-0.39, 0.29) is 26.4 Å². The molecule has 0 saturated heterocycles. The van der Waals surface area contributed by atoms with Gasteiger partial charge in [-0.2, -0.15) is 0 Å². The molecule has 0 amide bonds. The van der Waals surface area contributed by atoms with Crippen LogP contribution < -0.4 is 18.9 Å². The lowest BCUT2D eigenvalue weighted by molar-refractivity contribution is 0.0195. The molecule has 1 aliphatic rings. The van der Waals surface area contributed by atoms with E-state index in [0.717, 1.165) is 32.4 Å². The van der Waals surface area contributed by atoms with Gasteiger partial charge in [-0.3, -0.25) is 9.80 Å². The van der Waals surface area contributed by atoms with E-state index in [1.54, 1.807) is 0 Å². The quantitative estimate of drug-likeness (QED) is 0.0600. The van der Waals surface area contributed by atoms with Crippen LogP contribution in [0.15, 0.2) is 121 Å². The highest BCUT2D eigenvalue weighted by Crippen LogP contribution is 2.42. The molecule has 4 aromatic carbocycles. The summed E-state index contributed by atoms with van der Waals surface area (Å²) in [6, 6.07) is 38.0. The molecule has 8 unspecified atom stereocenters. The van der Waals surface area contributed by atoms with Gasteiger partial charge >= 0.3 is 0 Å². The van der Waals surface area contributed by atoms with Crippen molar-refractivity contribution >= 4 is 0 Å². The van der Waals surface area contributed by atoms with Gasteiger partial charge < -0.3 is 39.4 Å². The van der Waals surface area contributed by atoms with Crippen LogP contribution in [0.5, 0.6) is 23.0 Å². The van der Waals surface area contributed by atoms with Gasteiger partial charge in [0.25, 0.3) is 0 Å². The minimum atomic E-state index is -0.747. The first-order chi connectivity index (χ1) is 27.7. The molecule has 0 radical (unpaired) electrons. The lowest BCUT2D eigenvalue weighted by Gasteiger charge is -2.33. The van der Waals surface area contributed by atoms with Gasteiger partial charge in [0.1, 0.15) is 73.8 Å². The summed E-state index contributed by atoms with van der Waals surface area (Å²) in [4.78, 5) is 4.34. The normalized spacial score (nSPS) is 19.5. The Morgan fingerprint density at radius 3 is 1.16 bits per heavy atom. The molecule has 5 rings (SSSR count). The maximum atomic E-state index is 11.1. The highest BCUT2D eigenvalue weighted by molar-refractivity contribution is 5.23. The summed E-state index contributed by atoms with van der Waals surface area (Å²) in [6.45, 7) is 8.03. The van der Waals surface area contributed by atoms with Gasteiger partial charge in [-0.1, -0.05) is 93.1 Å². The van der Waals surface area contributed by atoms with Crippen LogP contribution in [0.2, 0.25) is 0 Å². The van der Waals surface area contributed by atoms with Crippen LogP contribution in [0.1, 0.15) is 33.1 Å². The Kier molecular flexibility index (Phi) is 18.4. The number of rotatable bonds is 26. The van der Waals surface area contributed by atoms with E-state index in [2.05, 4.69) is 23.6 Å². The molecular weight excluding hydrogens is 721 g/mol. The molecule has 0 spiro atoms. The van der Waals surface area contributed by atoms with Crippen molar-refractivity contribution in [1.29, 1.82) is 0 Å². The summed E-state index contributed by atoms with van der Waals surface area (Å²) >= 11 is 0. The van der Waals surface area contributed by atoms with Crippen molar-refractivity contribution in [2.45, 2.75) is 57.5 Å². The number of hydrogen-bond donors (Lipinski definition) is 4. The second-order valence-corrected chi connectivity index (χ2v) is 15.7. The van der Waals surface area contributed by atoms with Crippen molar-refractivity contribution in [1.82, 2.24) is 9.80 Å². The Morgan fingerprint density at radius 2 is 0.825 bits per heavy atom. The second kappa shape index (κ2) is 23.9. The first-order valence-electron chi connectivity index (χ1n) is 20.6. The molecule has 0 aromatic heterocycles. The number of aliphatic hydroxyl groups is 4. The Hall–Kier alpha value is -4.16. The number of aliphatic hydroxyl groups excluding tert-OH is 4. The lowest BCUT2D eigenvalue weighted by atomic mass is 9.87. The summed E-state index contributed by atoms with van der Waals surface area (Å²) in [5.41, 5.74) is 0. The third kappa shape index (κ3) is 16.0. The Labute approximate surface area is 339 Å². The van der Waals surface area contributed by atoms with Crippen molar-refractivity contribution in [3.63, 3.8) is 0 Å². The predicted octanol–water partition coefficient (Wildman–Crippen LogP) is 6.04. The maximum Gasteiger partial charge on any atom is 0.119 e. The van der Waals surface area contributed by atoms with Gasteiger partial charge in [0, 0.05) is 39.3 Å². The Bertz CT molecular complexity index is 1520. The van der Waals surface area contributed by atoms with Crippen LogP contribution in [0.25, 0.3) is 0 Å². The van der Waals surface area contributed by atoms with E-state index in [1.165, 1.54) is 0 Å². The van der Waals surface area contributed by atoms with Crippen LogP contribution in [0, 0.1) is 23.7 Å². The average Bonchev–Trinajstić information content (AvgIpc) is 3.60. The first-order valence-corrected chi connectivity index (χ1v) is 20.6. The molecule has 1 saturated carbocycles. The monoisotopic (exact) mass is 784 g/mol. The van der Waals surface area contributed by atoms with Crippen molar-refractivity contribution in [2.24, 2.45) is 23.7 Å². The van der Waals surface area contributed by atoms with Crippen LogP contribution >= 0.6 is 0 Å². The third-order valence-electron chi connectivity index (χ3n) is 10.9. The molecule has 0 aliphatic heterocycles. The van der Waals surface area contributed by atoms with Crippen molar-refractivity contribution in [2.75, 3.05) is 65.7 Å². The van der Waals surface area contributed by atoms with Crippen molar-refractivity contribution < 1.29 is 39.4 Å². The average molecular weight is 785 g/mol. The zero-order chi connectivity index (χ0) is 40.2. The Morgan fingerprint density at radius 1 is 0.491 bits per heavy atom. The van der Waals surface area contributed by atoms with Gasteiger partial charge in [-0.25, -0.2) is 0 Å². The topological polar surface area (TPSA) is 124 Å². The van der Waals surface area contributed by atoms with Crippen LogP contribution in [0.4, 0.5) is 0 Å². The predicted molar refractivity (Wildman–Crippen MR) is 224 cm³/mol. The van der Waals surface area contributed by atoms with Crippen LogP contribution in [0.3, 0.4) is 0 Å². The highest BCUT2D eigenvalue weighted by atomic mass is 16.5. The number of nitrogens with zero attached hydrogens (tertiary/aromatic N) is 2. The van der Waals surface area contributed by atoms with Crippen LogP contribution in [-0.2, 0) is 0 Å². The fourth-order valence-electron chi connectivity index (χ4n) is 7.99. The van der Waals surface area contributed by atoms with Gasteiger partial charge in [-0.05, 0) is 85.0 Å². The molecule has 0 bridgehead atoms. The van der Waals surface area contributed by atoms with E-state index in [0.29, 0.717) is 72.8 Å². The van der Waals surface area contributed by atoms with E-state index in [1.807, 2.05) is 121 Å². The van der Waals surface area contributed by atoms with E-state index in [9.17, 15) is 20.4 Å². The molecule has 4 aromatic rings. The summed E-state index contributed by atoms with van der Waals surface area (Å²) in [7, 11) is 0. The molecule has 310 valence electrons. The molecule has 57 heavy (non-hydrogen) atoms. The minimum absolute atomic E-state index is 0.150. The van der Waals surface area contributed by atoms with Crippen molar-refractivity contribution in [3.05, 3.63) is 121 Å². The zero-order valence-electron chi connectivity index (χ0n) is 33.7. The SMILES string of the molecule is CCC(CN(CC(O)COc1ccccc1)CC(O)COc1ccccc1)C1CC(C)C(CN(CC(O)COc2ccccc2)CC(O)COc2ccccc2)C1. The zero-order valence-corrected chi connectivity index (χ0v) is 33.7. The second-order valence-electron chi connectivity index (χ2n) is 15.7. The maximum absolute atomic E-state index is 11.1. The fraction of sp³-hybridized carbons (Fsp3) is 0.489. The van der Waals surface area contributed by atoms with Gasteiger partial charge in [0.05, 0.1) is 0 Å². The summed E-state index contributed by atoms with van der Waals surface area (Å²) in [5, 5.41) is 44.5. The number of ether oxygens (including phenoxy) is 4. The minimum Gasteiger partial charge on any atom is -0.491 e.